The highest BCUT2D eigenvalue weighted by Crippen LogP contribution is 2.18. The summed E-state index contributed by atoms with van der Waals surface area (Å²) in [5, 5.41) is 22.0. The molecule has 0 saturated heterocycles. The van der Waals surface area contributed by atoms with E-state index < -0.39 is 11.9 Å². The van der Waals surface area contributed by atoms with Crippen LogP contribution in [0, 0.1) is 5.92 Å². The van der Waals surface area contributed by atoms with Crippen LogP contribution in [0.2, 0.25) is 0 Å². The van der Waals surface area contributed by atoms with Crippen LogP contribution >= 0.6 is 0 Å². The number of nitrogens with zero attached hydrogens (tertiary/aromatic N) is 3. The number of carboxylic acids is 1. The van der Waals surface area contributed by atoms with Crippen LogP contribution in [0.15, 0.2) is 18.5 Å². The highest BCUT2D eigenvalue weighted by atomic mass is 16.4. The van der Waals surface area contributed by atoms with Crippen LogP contribution in [0.25, 0.3) is 0 Å². The number of hydrogen-bond donors (Lipinski definition) is 3. The van der Waals surface area contributed by atoms with Crippen molar-refractivity contribution < 1.29 is 14.7 Å². The molecule has 20 heavy (non-hydrogen) atoms. The molecular formula is C12H17N5O3. The average molecular weight is 279 g/mol. The van der Waals surface area contributed by atoms with Gasteiger partial charge in [0.25, 0.3) is 0 Å². The highest BCUT2D eigenvalue weighted by molar-refractivity contribution is 5.76. The van der Waals surface area contributed by atoms with Gasteiger partial charge in [0.2, 0.25) is 0 Å². The van der Waals surface area contributed by atoms with E-state index in [2.05, 4.69) is 20.8 Å². The minimum Gasteiger partial charge on any atom is -0.481 e. The molecule has 0 spiro atoms. The van der Waals surface area contributed by atoms with Gasteiger partial charge in [0.05, 0.1) is 18.0 Å². The fraction of sp³-hybridized carbons (Fsp3) is 0.500. The lowest BCUT2D eigenvalue weighted by Crippen LogP contribution is -2.42. The van der Waals surface area contributed by atoms with Crippen molar-refractivity contribution in [1.29, 1.82) is 0 Å². The van der Waals surface area contributed by atoms with Gasteiger partial charge in [-0.15, -0.1) is 10.2 Å². The number of hydrogen-bond acceptors (Lipinski definition) is 4. The fourth-order valence-electron chi connectivity index (χ4n) is 2.14. The number of carbonyl (C=O) groups is 2. The molecule has 3 atom stereocenters. The molecule has 0 aromatic carbocycles. The van der Waals surface area contributed by atoms with E-state index in [1.165, 1.54) is 0 Å². The second-order valence-electron chi connectivity index (χ2n) is 4.81. The molecule has 1 aliphatic carbocycles. The molecule has 2 amide bonds. The zero-order chi connectivity index (χ0) is 14.7. The summed E-state index contributed by atoms with van der Waals surface area (Å²) >= 11 is 0. The van der Waals surface area contributed by atoms with E-state index in [1.54, 1.807) is 37.0 Å². The Bertz CT molecular complexity index is 539. The zero-order valence-corrected chi connectivity index (χ0v) is 11.3. The normalized spacial score (nSPS) is 22.5. The number of aromatic nitrogens is 3. The van der Waals surface area contributed by atoms with Crippen molar-refractivity contribution >= 4 is 12.0 Å². The summed E-state index contributed by atoms with van der Waals surface area (Å²) in [6.07, 6.45) is 5.23. The summed E-state index contributed by atoms with van der Waals surface area (Å²) in [7, 11) is 1.79. The quantitative estimate of drug-likeness (QED) is 0.682. The van der Waals surface area contributed by atoms with E-state index in [9.17, 15) is 9.59 Å². The summed E-state index contributed by atoms with van der Waals surface area (Å²) < 4.78 is 1.72. The Morgan fingerprint density at radius 3 is 2.80 bits per heavy atom. The van der Waals surface area contributed by atoms with E-state index in [-0.39, 0.29) is 18.1 Å². The third-order valence-electron chi connectivity index (χ3n) is 3.20. The minimum absolute atomic E-state index is 0.261. The maximum Gasteiger partial charge on any atom is 0.315 e. The topological polar surface area (TPSA) is 109 Å². The number of aliphatic carboxylic acids is 1. The Morgan fingerprint density at radius 1 is 1.50 bits per heavy atom. The van der Waals surface area contributed by atoms with Crippen LogP contribution in [-0.2, 0) is 11.8 Å². The van der Waals surface area contributed by atoms with Gasteiger partial charge < -0.3 is 20.3 Å². The van der Waals surface area contributed by atoms with Crippen LogP contribution in [0.3, 0.4) is 0 Å². The van der Waals surface area contributed by atoms with Crippen LogP contribution in [0.4, 0.5) is 4.79 Å². The maximum absolute atomic E-state index is 11.8. The molecular weight excluding hydrogens is 262 g/mol. The molecule has 2 rings (SSSR count). The van der Waals surface area contributed by atoms with Crippen LogP contribution in [-0.4, -0.2) is 37.9 Å². The lowest BCUT2D eigenvalue weighted by atomic mass is 10.1. The number of nitrogens with one attached hydrogen (secondary N) is 2. The monoisotopic (exact) mass is 279 g/mol. The first-order chi connectivity index (χ1) is 9.47. The van der Waals surface area contributed by atoms with Crippen molar-refractivity contribution in [3.63, 3.8) is 0 Å². The van der Waals surface area contributed by atoms with Crippen LogP contribution in [0.5, 0.6) is 0 Å². The molecule has 1 aromatic heterocycles. The number of urea groups is 1. The summed E-state index contributed by atoms with van der Waals surface area (Å²) in [5.74, 6) is -0.764. The lowest BCUT2D eigenvalue weighted by molar-refractivity contribution is -0.140. The molecule has 108 valence electrons. The van der Waals surface area contributed by atoms with Crippen molar-refractivity contribution in [3.8, 4) is 0 Å². The number of aryl methyl sites for hydroxylation is 1. The van der Waals surface area contributed by atoms with E-state index in [0.717, 1.165) is 0 Å². The molecule has 0 aliphatic heterocycles. The molecule has 8 nitrogen and oxygen atoms in total. The number of amides is 2. The van der Waals surface area contributed by atoms with Crippen molar-refractivity contribution in [2.45, 2.75) is 25.4 Å². The molecule has 3 unspecified atom stereocenters. The van der Waals surface area contributed by atoms with Gasteiger partial charge in [0.15, 0.2) is 5.82 Å². The Hall–Kier alpha value is -2.38. The second-order valence-corrected chi connectivity index (χ2v) is 4.81. The molecule has 1 aliphatic rings. The van der Waals surface area contributed by atoms with Gasteiger partial charge in [0, 0.05) is 7.05 Å². The van der Waals surface area contributed by atoms with Crippen LogP contribution < -0.4 is 10.6 Å². The van der Waals surface area contributed by atoms with E-state index in [1.807, 2.05) is 0 Å². The van der Waals surface area contributed by atoms with Crippen molar-refractivity contribution in [2.24, 2.45) is 13.0 Å². The molecule has 0 bridgehead atoms. The Labute approximate surface area is 115 Å². The third kappa shape index (κ3) is 3.14. The Balaban J connectivity index is 1.83. The lowest BCUT2D eigenvalue weighted by Gasteiger charge is -2.16. The maximum atomic E-state index is 11.8. The number of rotatable bonds is 4. The summed E-state index contributed by atoms with van der Waals surface area (Å²) in [6, 6.07) is -0.910. The Morgan fingerprint density at radius 2 is 2.25 bits per heavy atom. The first-order valence-corrected chi connectivity index (χ1v) is 6.29. The molecule has 0 radical (unpaired) electrons. The molecule has 1 heterocycles. The van der Waals surface area contributed by atoms with Gasteiger partial charge in [-0.3, -0.25) is 4.79 Å². The molecule has 1 aromatic rings. The summed E-state index contributed by atoms with van der Waals surface area (Å²) in [5.41, 5.74) is 0. The summed E-state index contributed by atoms with van der Waals surface area (Å²) in [4.78, 5) is 22.6. The largest absolute Gasteiger partial charge is 0.481 e. The fourth-order valence-corrected chi connectivity index (χ4v) is 2.14. The van der Waals surface area contributed by atoms with Crippen LogP contribution in [0.1, 0.15) is 25.2 Å². The molecule has 0 fully saturated rings. The first kappa shape index (κ1) is 14.0. The predicted octanol–water partition coefficient (Wildman–Crippen LogP) is 0.205. The van der Waals surface area contributed by atoms with Crippen molar-refractivity contribution in [1.82, 2.24) is 25.4 Å². The van der Waals surface area contributed by atoms with Crippen molar-refractivity contribution in [3.05, 3.63) is 24.3 Å². The zero-order valence-electron chi connectivity index (χ0n) is 11.3. The number of carbonyl (C=O) groups excluding carboxylic acids is 1. The van der Waals surface area contributed by atoms with Gasteiger partial charge in [0.1, 0.15) is 6.33 Å². The molecule has 8 heteroatoms. The first-order valence-electron chi connectivity index (χ1n) is 6.29. The van der Waals surface area contributed by atoms with Gasteiger partial charge in [-0.1, -0.05) is 12.2 Å². The van der Waals surface area contributed by atoms with Crippen molar-refractivity contribution in [2.75, 3.05) is 0 Å². The predicted molar refractivity (Wildman–Crippen MR) is 69.8 cm³/mol. The molecule has 3 N–H and O–H groups in total. The standard InChI is InChI=1S/C12H17N5O3/c1-7(10-16-13-6-17(10)2)14-12(20)15-9-4-3-8(5-9)11(18)19/h3-4,6-9H,5H2,1-2H3,(H,18,19)(H2,14,15,20). The van der Waals surface area contributed by atoms with E-state index >= 15 is 0 Å². The van der Waals surface area contributed by atoms with Gasteiger partial charge in [-0.2, -0.15) is 0 Å². The van der Waals surface area contributed by atoms with Gasteiger partial charge in [-0.05, 0) is 13.3 Å². The summed E-state index contributed by atoms with van der Waals surface area (Å²) in [6.45, 7) is 1.80. The second kappa shape index (κ2) is 5.72. The van der Waals surface area contributed by atoms with Gasteiger partial charge in [-0.25, -0.2) is 4.79 Å². The smallest absolute Gasteiger partial charge is 0.315 e. The number of carboxylic acid groups (broad SMARTS) is 1. The SMILES string of the molecule is CC(NC(=O)NC1C=CC(C(=O)O)C1)c1nncn1C. The Kier molecular flexibility index (Phi) is 4.02. The van der Waals surface area contributed by atoms with Gasteiger partial charge >= 0.3 is 12.0 Å². The molecule has 0 saturated carbocycles. The average Bonchev–Trinajstić information content (AvgIpc) is 2.97. The van der Waals surface area contributed by atoms with E-state index in [4.69, 9.17) is 5.11 Å². The third-order valence-corrected chi connectivity index (χ3v) is 3.20. The highest BCUT2D eigenvalue weighted by Gasteiger charge is 2.25. The van der Waals surface area contributed by atoms with E-state index in [0.29, 0.717) is 12.2 Å². The minimum atomic E-state index is -0.876.